The molecule has 3 N–H and O–H groups in total. The van der Waals surface area contributed by atoms with Crippen molar-refractivity contribution in [3.63, 3.8) is 0 Å². The summed E-state index contributed by atoms with van der Waals surface area (Å²) in [6, 6.07) is 13.9. The van der Waals surface area contributed by atoms with E-state index in [0.717, 1.165) is 49.7 Å². The molecule has 1 saturated heterocycles. The van der Waals surface area contributed by atoms with Gasteiger partial charge in [0.2, 0.25) is 0 Å². The largest absolute Gasteiger partial charge is 0.508 e. The highest BCUT2D eigenvalue weighted by atomic mass is 16.5. The van der Waals surface area contributed by atoms with Crippen molar-refractivity contribution in [3.8, 4) is 17.2 Å². The van der Waals surface area contributed by atoms with E-state index in [9.17, 15) is 5.11 Å². The minimum absolute atomic E-state index is 0.244. The lowest BCUT2D eigenvalue weighted by Gasteiger charge is -2.35. The van der Waals surface area contributed by atoms with E-state index >= 15 is 0 Å². The average Bonchev–Trinajstić information content (AvgIpc) is 2.80. The van der Waals surface area contributed by atoms with E-state index < -0.39 is 0 Å². The Balaban J connectivity index is 1.59. The fraction of sp³-hybridized carbons (Fsp3) is 0.458. The molecule has 1 atom stereocenters. The van der Waals surface area contributed by atoms with Crippen LogP contribution in [0.3, 0.4) is 0 Å². The predicted octanol–water partition coefficient (Wildman–Crippen LogP) is 3.18. The topological polar surface area (TPSA) is 78.4 Å². The summed E-state index contributed by atoms with van der Waals surface area (Å²) >= 11 is 0. The second-order valence-corrected chi connectivity index (χ2v) is 7.64. The molecule has 31 heavy (non-hydrogen) atoms. The Labute approximate surface area is 185 Å². The van der Waals surface area contributed by atoms with E-state index in [1.54, 1.807) is 20.3 Å². The molecule has 2 aromatic rings. The van der Waals surface area contributed by atoms with Crippen molar-refractivity contribution in [1.82, 2.24) is 10.6 Å². The molecule has 0 amide bonds. The standard InChI is InChI=1S/C24H34N4O3/c1-4-25-24(26-13-12-18-10-11-22(31-3)16-23(18)29)27-19-7-6-14-28(17-19)20-8-5-9-21(15-20)30-2/h5,8-11,15-16,19,29H,4,6-7,12-14,17H2,1-3H3,(H2,25,26,27). The second-order valence-electron chi connectivity index (χ2n) is 7.64. The van der Waals surface area contributed by atoms with Crippen LogP contribution in [-0.2, 0) is 6.42 Å². The third-order valence-corrected chi connectivity index (χ3v) is 5.47. The van der Waals surface area contributed by atoms with Gasteiger partial charge in [0.15, 0.2) is 5.96 Å². The summed E-state index contributed by atoms with van der Waals surface area (Å²) in [4.78, 5) is 7.12. The first kappa shape index (κ1) is 22.6. The number of phenolic OH excluding ortho intramolecular Hbond substituents is 1. The first-order valence-electron chi connectivity index (χ1n) is 10.9. The lowest BCUT2D eigenvalue weighted by molar-refractivity contribution is 0.406. The number of nitrogens with one attached hydrogen (secondary N) is 2. The lowest BCUT2D eigenvalue weighted by atomic mass is 10.0. The zero-order valence-corrected chi connectivity index (χ0v) is 18.7. The maximum absolute atomic E-state index is 10.2. The highest BCUT2D eigenvalue weighted by Crippen LogP contribution is 2.25. The van der Waals surface area contributed by atoms with Gasteiger partial charge >= 0.3 is 0 Å². The quantitative estimate of drug-likeness (QED) is 0.445. The molecule has 7 nitrogen and oxygen atoms in total. The van der Waals surface area contributed by atoms with E-state index in [2.05, 4.69) is 34.6 Å². The molecule has 7 heteroatoms. The van der Waals surface area contributed by atoms with Crippen LogP contribution < -0.4 is 25.0 Å². The molecule has 1 aliphatic heterocycles. The first-order chi connectivity index (χ1) is 15.1. The Morgan fingerprint density at radius 2 is 1.97 bits per heavy atom. The monoisotopic (exact) mass is 426 g/mol. The molecule has 0 spiro atoms. The Bertz CT molecular complexity index is 872. The number of aliphatic imine (C=N–C) groups is 1. The minimum Gasteiger partial charge on any atom is -0.508 e. The maximum atomic E-state index is 10.2. The average molecular weight is 427 g/mol. The van der Waals surface area contributed by atoms with Gasteiger partial charge in [0.1, 0.15) is 17.2 Å². The summed E-state index contributed by atoms with van der Waals surface area (Å²) < 4.78 is 10.5. The maximum Gasteiger partial charge on any atom is 0.191 e. The van der Waals surface area contributed by atoms with Gasteiger partial charge in [-0.15, -0.1) is 0 Å². The minimum atomic E-state index is 0.244. The van der Waals surface area contributed by atoms with Crippen molar-refractivity contribution < 1.29 is 14.6 Å². The Morgan fingerprint density at radius 1 is 1.16 bits per heavy atom. The number of phenols is 1. The summed E-state index contributed by atoms with van der Waals surface area (Å²) in [6.45, 7) is 5.40. The van der Waals surface area contributed by atoms with Crippen molar-refractivity contribution in [2.45, 2.75) is 32.2 Å². The molecule has 168 valence electrons. The van der Waals surface area contributed by atoms with Crippen LogP contribution in [0.15, 0.2) is 47.5 Å². The smallest absolute Gasteiger partial charge is 0.191 e. The van der Waals surface area contributed by atoms with Crippen molar-refractivity contribution in [3.05, 3.63) is 48.0 Å². The van der Waals surface area contributed by atoms with E-state index in [1.165, 1.54) is 5.69 Å². The Kier molecular flexibility index (Phi) is 8.27. The third-order valence-electron chi connectivity index (χ3n) is 5.47. The van der Waals surface area contributed by atoms with Gasteiger partial charge < -0.3 is 30.1 Å². The molecule has 1 fully saturated rings. The van der Waals surface area contributed by atoms with E-state index in [0.29, 0.717) is 24.8 Å². The number of rotatable bonds is 8. The molecule has 1 aliphatic rings. The molecule has 0 aromatic heterocycles. The van der Waals surface area contributed by atoms with Gasteiger partial charge in [-0.25, -0.2) is 0 Å². The SMILES string of the molecule is CCNC(=NCCc1ccc(OC)cc1O)NC1CCCN(c2cccc(OC)c2)C1. The summed E-state index contributed by atoms with van der Waals surface area (Å²) in [7, 11) is 3.29. The number of nitrogens with zero attached hydrogens (tertiary/aromatic N) is 2. The van der Waals surface area contributed by atoms with Crippen LogP contribution in [0.4, 0.5) is 5.69 Å². The van der Waals surface area contributed by atoms with Crippen LogP contribution in [0.1, 0.15) is 25.3 Å². The number of hydrogen-bond acceptors (Lipinski definition) is 5. The van der Waals surface area contributed by atoms with Crippen LogP contribution in [0.25, 0.3) is 0 Å². The number of guanidine groups is 1. The van der Waals surface area contributed by atoms with Gasteiger partial charge in [-0.3, -0.25) is 4.99 Å². The molecule has 1 heterocycles. The summed E-state index contributed by atoms with van der Waals surface area (Å²) in [5.74, 6) is 2.59. The fourth-order valence-electron chi connectivity index (χ4n) is 3.82. The van der Waals surface area contributed by atoms with E-state index in [-0.39, 0.29) is 5.75 Å². The molecule has 0 saturated carbocycles. The van der Waals surface area contributed by atoms with Gasteiger partial charge in [-0.05, 0) is 49.9 Å². The highest BCUT2D eigenvalue weighted by Gasteiger charge is 2.21. The third kappa shape index (κ3) is 6.44. The molecular formula is C24H34N4O3. The Hall–Kier alpha value is -3.09. The number of hydrogen-bond donors (Lipinski definition) is 3. The van der Waals surface area contributed by atoms with Crippen molar-refractivity contribution in [2.24, 2.45) is 4.99 Å². The molecule has 2 aromatic carbocycles. The van der Waals surface area contributed by atoms with Gasteiger partial charge in [0, 0.05) is 50.0 Å². The van der Waals surface area contributed by atoms with Crippen molar-refractivity contribution >= 4 is 11.6 Å². The number of methoxy groups -OCH3 is 2. The molecule has 0 bridgehead atoms. The van der Waals surface area contributed by atoms with Gasteiger partial charge in [-0.1, -0.05) is 12.1 Å². The van der Waals surface area contributed by atoms with Gasteiger partial charge in [-0.2, -0.15) is 0 Å². The molecule has 0 aliphatic carbocycles. The Morgan fingerprint density at radius 3 is 2.71 bits per heavy atom. The zero-order chi connectivity index (χ0) is 22.1. The summed E-state index contributed by atoms with van der Waals surface area (Å²) in [5.41, 5.74) is 2.05. The van der Waals surface area contributed by atoms with Gasteiger partial charge in [0.05, 0.1) is 14.2 Å². The van der Waals surface area contributed by atoms with E-state index in [4.69, 9.17) is 14.5 Å². The van der Waals surface area contributed by atoms with Crippen LogP contribution in [-0.4, -0.2) is 57.5 Å². The van der Waals surface area contributed by atoms with E-state index in [1.807, 2.05) is 24.3 Å². The first-order valence-corrected chi connectivity index (χ1v) is 10.9. The van der Waals surface area contributed by atoms with Gasteiger partial charge in [0.25, 0.3) is 0 Å². The van der Waals surface area contributed by atoms with Crippen LogP contribution in [0.2, 0.25) is 0 Å². The number of aromatic hydroxyl groups is 1. The normalized spacial score (nSPS) is 16.7. The van der Waals surface area contributed by atoms with Crippen LogP contribution in [0, 0.1) is 0 Å². The predicted molar refractivity (Wildman–Crippen MR) is 126 cm³/mol. The summed E-state index contributed by atoms with van der Waals surface area (Å²) in [5, 5.41) is 17.1. The molecule has 1 unspecified atom stereocenters. The number of ether oxygens (including phenoxy) is 2. The molecular weight excluding hydrogens is 392 g/mol. The number of benzene rings is 2. The van der Waals surface area contributed by atoms with Crippen LogP contribution >= 0.6 is 0 Å². The lowest BCUT2D eigenvalue weighted by Crippen LogP contribution is -2.51. The van der Waals surface area contributed by atoms with Crippen LogP contribution in [0.5, 0.6) is 17.2 Å². The molecule has 0 radical (unpaired) electrons. The molecule has 3 rings (SSSR count). The number of anilines is 1. The second kappa shape index (κ2) is 11.3. The fourth-order valence-corrected chi connectivity index (χ4v) is 3.82. The van der Waals surface area contributed by atoms with Crippen molar-refractivity contribution in [2.75, 3.05) is 45.3 Å². The number of piperidine rings is 1. The van der Waals surface area contributed by atoms with Crippen molar-refractivity contribution in [1.29, 1.82) is 0 Å². The summed E-state index contributed by atoms with van der Waals surface area (Å²) in [6.07, 6.45) is 2.88. The zero-order valence-electron chi connectivity index (χ0n) is 18.7. The highest BCUT2D eigenvalue weighted by molar-refractivity contribution is 5.80.